The molecule has 8 heteroatoms. The second kappa shape index (κ2) is 23.7. The molecule has 0 aliphatic carbocycles. The van der Waals surface area contributed by atoms with Crippen LogP contribution in [0.4, 0.5) is 0 Å². The van der Waals surface area contributed by atoms with Crippen LogP contribution in [0.25, 0.3) is 0 Å². The molecule has 202 valence electrons. The molecule has 0 heterocycles. The zero-order valence-electron chi connectivity index (χ0n) is 21.2. The van der Waals surface area contributed by atoms with Gasteiger partial charge in [0, 0.05) is 13.0 Å². The maximum absolute atomic E-state index is 11.7. The predicted molar refractivity (Wildman–Crippen MR) is 132 cm³/mol. The van der Waals surface area contributed by atoms with Crippen LogP contribution in [0.15, 0.2) is 12.2 Å². The van der Waals surface area contributed by atoms with Crippen molar-refractivity contribution in [1.82, 2.24) is 0 Å². The molecule has 0 aromatic rings. The minimum atomic E-state index is -1.73. The number of unbranched alkanes of at least 4 members (excludes halogenated alkanes) is 10. The first-order valence-electron chi connectivity index (χ1n) is 13.2. The van der Waals surface area contributed by atoms with E-state index in [4.69, 9.17) is 14.6 Å². The summed E-state index contributed by atoms with van der Waals surface area (Å²) in [6, 6.07) is 0. The van der Waals surface area contributed by atoms with Gasteiger partial charge in [-0.1, -0.05) is 70.4 Å². The van der Waals surface area contributed by atoms with Crippen molar-refractivity contribution in [2.75, 3.05) is 26.4 Å². The lowest BCUT2D eigenvalue weighted by molar-refractivity contribution is -0.156. The summed E-state index contributed by atoms with van der Waals surface area (Å²) in [4.78, 5) is 11.7. The Morgan fingerprint density at radius 2 is 1.32 bits per heavy atom. The molecule has 0 rings (SSSR count). The average Bonchev–Trinajstić information content (AvgIpc) is 2.84. The van der Waals surface area contributed by atoms with E-state index in [0.717, 1.165) is 51.7 Å². The Bertz CT molecular complexity index is 485. The highest BCUT2D eigenvalue weighted by atomic mass is 16.5. The maximum atomic E-state index is 11.7. The monoisotopic (exact) mass is 490 g/mol. The first-order chi connectivity index (χ1) is 16.4. The number of aliphatic hydroxyl groups is 5. The topological polar surface area (TPSA) is 137 Å². The molecule has 4 unspecified atom stereocenters. The summed E-state index contributed by atoms with van der Waals surface area (Å²) in [5.74, 6) is -0.486. The molecule has 0 bridgehead atoms. The van der Waals surface area contributed by atoms with E-state index in [1.165, 1.54) is 38.5 Å². The lowest BCUT2D eigenvalue weighted by Crippen LogP contribution is -2.47. The third-order valence-corrected chi connectivity index (χ3v) is 5.73. The molecule has 0 saturated heterocycles. The largest absolute Gasteiger partial charge is 0.463 e. The summed E-state index contributed by atoms with van der Waals surface area (Å²) in [5, 5.41) is 46.9. The number of allylic oxidation sites excluding steroid dienone is 1. The van der Waals surface area contributed by atoms with Gasteiger partial charge >= 0.3 is 5.97 Å². The Hall–Kier alpha value is -1.03. The number of carbonyl (C=O) groups is 1. The Morgan fingerprint density at radius 3 is 2.03 bits per heavy atom. The van der Waals surface area contributed by atoms with Crippen LogP contribution >= 0.6 is 0 Å². The van der Waals surface area contributed by atoms with Gasteiger partial charge in [-0.05, 0) is 32.1 Å². The summed E-state index contributed by atoms with van der Waals surface area (Å²) >= 11 is 0. The van der Waals surface area contributed by atoms with Crippen LogP contribution in [0.3, 0.4) is 0 Å². The standard InChI is InChI=1S/C26H50O8/c1-2-3-4-5-9-12-15-18-33-19-16-13-10-7-6-8-11-14-17-24(30)34-21-23(29)26(32)25(31)22(28)20-27/h10,13,22-23,25-29,31-32H,2-9,11-12,14-21H2,1H3/b13-10-. The Morgan fingerprint density at radius 1 is 0.735 bits per heavy atom. The van der Waals surface area contributed by atoms with Crippen molar-refractivity contribution in [3.05, 3.63) is 12.2 Å². The van der Waals surface area contributed by atoms with Crippen LogP contribution in [0.1, 0.15) is 96.8 Å². The van der Waals surface area contributed by atoms with E-state index in [1.54, 1.807) is 0 Å². The molecular formula is C26H50O8. The highest BCUT2D eigenvalue weighted by molar-refractivity contribution is 5.69. The number of rotatable bonds is 24. The molecule has 0 spiro atoms. The fourth-order valence-corrected chi connectivity index (χ4v) is 3.45. The van der Waals surface area contributed by atoms with Gasteiger partial charge in [0.15, 0.2) is 0 Å². The highest BCUT2D eigenvalue weighted by Crippen LogP contribution is 2.10. The highest BCUT2D eigenvalue weighted by Gasteiger charge is 2.30. The molecule has 0 saturated carbocycles. The van der Waals surface area contributed by atoms with Crippen molar-refractivity contribution in [3.8, 4) is 0 Å². The van der Waals surface area contributed by atoms with Crippen molar-refractivity contribution < 1.29 is 39.8 Å². The second-order valence-electron chi connectivity index (χ2n) is 8.93. The Labute approximate surface area is 206 Å². The van der Waals surface area contributed by atoms with Gasteiger partial charge in [-0.2, -0.15) is 0 Å². The summed E-state index contributed by atoms with van der Waals surface area (Å²) in [6.45, 7) is 2.64. The van der Waals surface area contributed by atoms with Gasteiger partial charge in [0.1, 0.15) is 31.0 Å². The molecule has 5 N–H and O–H groups in total. The zero-order chi connectivity index (χ0) is 25.4. The molecule has 34 heavy (non-hydrogen) atoms. The van der Waals surface area contributed by atoms with Gasteiger partial charge in [-0.25, -0.2) is 0 Å². The molecule has 4 atom stereocenters. The lowest BCUT2D eigenvalue weighted by Gasteiger charge is -2.25. The second-order valence-corrected chi connectivity index (χ2v) is 8.93. The fourth-order valence-electron chi connectivity index (χ4n) is 3.45. The van der Waals surface area contributed by atoms with Crippen molar-refractivity contribution in [1.29, 1.82) is 0 Å². The normalized spacial score (nSPS) is 15.4. The van der Waals surface area contributed by atoms with Crippen molar-refractivity contribution in [2.45, 2.75) is 121 Å². The minimum absolute atomic E-state index is 0.219. The van der Waals surface area contributed by atoms with Gasteiger partial charge < -0.3 is 35.0 Å². The molecule has 0 aliphatic rings. The molecule has 8 nitrogen and oxygen atoms in total. The first-order valence-corrected chi connectivity index (χ1v) is 13.2. The third-order valence-electron chi connectivity index (χ3n) is 5.73. The van der Waals surface area contributed by atoms with Gasteiger partial charge in [0.25, 0.3) is 0 Å². The summed E-state index contributed by atoms with van der Waals surface area (Å²) < 4.78 is 10.6. The number of carbonyl (C=O) groups excluding carboxylic acids is 1. The molecule has 0 amide bonds. The van der Waals surface area contributed by atoms with Crippen molar-refractivity contribution >= 4 is 5.97 Å². The van der Waals surface area contributed by atoms with E-state index in [2.05, 4.69) is 19.1 Å². The maximum Gasteiger partial charge on any atom is 0.305 e. The number of hydrogen-bond donors (Lipinski definition) is 5. The third kappa shape index (κ3) is 19.3. The number of esters is 1. The average molecular weight is 491 g/mol. The zero-order valence-corrected chi connectivity index (χ0v) is 21.2. The molecule has 0 aromatic heterocycles. The Kier molecular flexibility index (Phi) is 23.0. The Balaban J connectivity index is 3.49. The number of hydrogen-bond acceptors (Lipinski definition) is 8. The van der Waals surface area contributed by atoms with Crippen molar-refractivity contribution in [2.24, 2.45) is 0 Å². The van der Waals surface area contributed by atoms with Crippen LogP contribution in [-0.2, 0) is 14.3 Å². The quantitative estimate of drug-likeness (QED) is 0.0791. The summed E-state index contributed by atoms with van der Waals surface area (Å²) in [7, 11) is 0. The van der Waals surface area contributed by atoms with Gasteiger partial charge in [0.2, 0.25) is 0 Å². The predicted octanol–water partition coefficient (Wildman–Crippen LogP) is 3.02. The van der Waals surface area contributed by atoms with Gasteiger partial charge in [-0.15, -0.1) is 0 Å². The number of aliphatic hydroxyl groups excluding tert-OH is 5. The van der Waals surface area contributed by atoms with Crippen LogP contribution in [0.5, 0.6) is 0 Å². The molecule has 0 aromatic carbocycles. The van der Waals surface area contributed by atoms with E-state index < -0.39 is 43.6 Å². The van der Waals surface area contributed by atoms with E-state index in [1.807, 2.05) is 0 Å². The molecule has 0 radical (unpaired) electrons. The van der Waals surface area contributed by atoms with Crippen LogP contribution in [0.2, 0.25) is 0 Å². The van der Waals surface area contributed by atoms with Gasteiger partial charge in [-0.3, -0.25) is 4.79 Å². The fraction of sp³-hybridized carbons (Fsp3) is 0.885. The minimum Gasteiger partial charge on any atom is -0.463 e. The van der Waals surface area contributed by atoms with Gasteiger partial charge in [0.05, 0.1) is 13.2 Å². The molecular weight excluding hydrogens is 440 g/mol. The van der Waals surface area contributed by atoms with Crippen LogP contribution in [-0.4, -0.2) is 82.3 Å². The van der Waals surface area contributed by atoms with E-state index in [9.17, 15) is 25.2 Å². The number of ether oxygens (including phenoxy) is 2. The first kappa shape index (κ1) is 33.0. The van der Waals surface area contributed by atoms with Crippen LogP contribution in [0, 0.1) is 0 Å². The van der Waals surface area contributed by atoms with E-state index in [0.29, 0.717) is 6.42 Å². The van der Waals surface area contributed by atoms with E-state index in [-0.39, 0.29) is 6.42 Å². The van der Waals surface area contributed by atoms with Crippen molar-refractivity contribution in [3.63, 3.8) is 0 Å². The summed E-state index contributed by atoms with van der Waals surface area (Å²) in [5.41, 5.74) is 0. The molecule has 0 aliphatic heterocycles. The summed E-state index contributed by atoms with van der Waals surface area (Å²) in [6.07, 6.45) is 12.7. The SMILES string of the molecule is CCCCCCCCCOCC/C=C\CCCCCCC(=O)OCC(O)C(O)C(O)C(O)CO. The lowest BCUT2D eigenvalue weighted by atomic mass is 10.0. The molecule has 0 fully saturated rings. The smallest absolute Gasteiger partial charge is 0.305 e. The van der Waals surface area contributed by atoms with E-state index >= 15 is 0 Å². The van der Waals surface area contributed by atoms with Crippen LogP contribution < -0.4 is 0 Å².